The van der Waals surface area contributed by atoms with Crippen LogP contribution in [-0.4, -0.2) is 41.0 Å². The van der Waals surface area contributed by atoms with E-state index in [4.69, 9.17) is 19.3 Å². The maximum atomic E-state index is 12.3. The van der Waals surface area contributed by atoms with Crippen LogP contribution in [0.2, 0.25) is 0 Å². The summed E-state index contributed by atoms with van der Waals surface area (Å²) in [6.07, 6.45) is 40.8. The number of phosphoric ester groups is 1. The maximum absolute atomic E-state index is 12.3. The zero-order chi connectivity index (χ0) is 34.7. The number of ether oxygens (including phenoxy) is 2. The lowest BCUT2D eigenvalue weighted by Crippen LogP contribution is -2.29. The van der Waals surface area contributed by atoms with Gasteiger partial charge in [-0.2, -0.15) is 0 Å². The maximum Gasteiger partial charge on any atom is 0.469 e. The molecule has 2 N–H and O–H groups in total. The molecule has 0 heterocycles. The molecule has 47 heavy (non-hydrogen) atoms. The van der Waals surface area contributed by atoms with Crippen molar-refractivity contribution in [2.75, 3.05) is 13.2 Å². The standard InChI is InChI=1S/C38H65O8P/c1-3-5-7-9-11-13-15-17-19-21-23-25-27-29-31-33-38(40)46-36(35-45-47(41,42)43)34-44-37(39)32-30-28-26-24-22-20-18-16-14-12-10-8-6-4-2/h5,7,9,11,13,15-19,36H,3-4,6,8,10,12,14,20-35H2,1-2H3,(H2,41,42,43)/b7-5+,11-9+,15-13+,18-16+,19-17+/t36-/m1/s1. The van der Waals surface area contributed by atoms with Gasteiger partial charge in [0.2, 0.25) is 0 Å². The summed E-state index contributed by atoms with van der Waals surface area (Å²) in [4.78, 5) is 42.6. The van der Waals surface area contributed by atoms with Crippen molar-refractivity contribution in [1.29, 1.82) is 0 Å². The molecule has 0 saturated heterocycles. The summed E-state index contributed by atoms with van der Waals surface area (Å²) in [6, 6.07) is 0. The van der Waals surface area contributed by atoms with Gasteiger partial charge in [-0.1, -0.05) is 139 Å². The Kier molecular flexibility index (Phi) is 32.0. The van der Waals surface area contributed by atoms with Crippen molar-refractivity contribution in [3.8, 4) is 0 Å². The first-order chi connectivity index (χ1) is 22.8. The predicted octanol–water partition coefficient (Wildman–Crippen LogP) is 10.6. The van der Waals surface area contributed by atoms with E-state index in [0.29, 0.717) is 12.8 Å². The quantitative estimate of drug-likeness (QED) is 0.0237. The minimum Gasteiger partial charge on any atom is -0.462 e. The van der Waals surface area contributed by atoms with E-state index in [9.17, 15) is 14.2 Å². The molecule has 0 aromatic rings. The number of hydrogen-bond acceptors (Lipinski definition) is 6. The van der Waals surface area contributed by atoms with E-state index in [0.717, 1.165) is 70.6 Å². The van der Waals surface area contributed by atoms with Gasteiger partial charge < -0.3 is 19.3 Å². The number of carbonyl (C=O) groups excluding carboxylic acids is 2. The number of unbranched alkanes of at least 4 members (excludes halogenated alkanes) is 15. The molecule has 8 nitrogen and oxygen atoms in total. The molecular formula is C38H65O8P. The fourth-order valence-corrected chi connectivity index (χ4v) is 5.03. The van der Waals surface area contributed by atoms with Crippen LogP contribution in [0.15, 0.2) is 60.8 Å². The number of phosphoric acid groups is 1. The second kappa shape index (κ2) is 33.6. The van der Waals surface area contributed by atoms with Crippen LogP contribution >= 0.6 is 7.82 Å². The number of rotatable bonds is 32. The molecule has 0 radical (unpaired) electrons. The molecule has 9 heteroatoms. The van der Waals surface area contributed by atoms with E-state index in [1.54, 1.807) is 0 Å². The number of esters is 2. The number of carbonyl (C=O) groups is 2. The molecule has 270 valence electrons. The zero-order valence-electron chi connectivity index (χ0n) is 29.4. The Morgan fingerprint density at radius 1 is 0.574 bits per heavy atom. The smallest absolute Gasteiger partial charge is 0.462 e. The third kappa shape index (κ3) is 36.4. The summed E-state index contributed by atoms with van der Waals surface area (Å²) >= 11 is 0. The van der Waals surface area contributed by atoms with E-state index >= 15 is 0 Å². The first-order valence-corrected chi connectivity index (χ1v) is 19.7. The van der Waals surface area contributed by atoms with Crippen molar-refractivity contribution in [3.05, 3.63) is 60.8 Å². The second-order valence-corrected chi connectivity index (χ2v) is 13.1. The zero-order valence-corrected chi connectivity index (χ0v) is 30.3. The van der Waals surface area contributed by atoms with Crippen molar-refractivity contribution < 1.29 is 37.9 Å². The number of allylic oxidation sites excluding steroid dienone is 10. The molecule has 0 aliphatic carbocycles. The van der Waals surface area contributed by atoms with Crippen molar-refractivity contribution in [1.82, 2.24) is 0 Å². The lowest BCUT2D eigenvalue weighted by atomic mass is 10.1. The van der Waals surface area contributed by atoms with Crippen molar-refractivity contribution in [2.24, 2.45) is 0 Å². The molecule has 0 unspecified atom stereocenters. The predicted molar refractivity (Wildman–Crippen MR) is 193 cm³/mol. The first kappa shape index (κ1) is 44.8. The first-order valence-electron chi connectivity index (χ1n) is 18.1. The summed E-state index contributed by atoms with van der Waals surface area (Å²) in [5, 5.41) is 0. The third-order valence-electron chi connectivity index (χ3n) is 7.36. The molecule has 0 aliphatic heterocycles. The van der Waals surface area contributed by atoms with Gasteiger partial charge in [0.25, 0.3) is 0 Å². The Morgan fingerprint density at radius 2 is 1.04 bits per heavy atom. The molecule has 0 amide bonds. The highest BCUT2D eigenvalue weighted by atomic mass is 31.2. The van der Waals surface area contributed by atoms with E-state index < -0.39 is 32.5 Å². The summed E-state index contributed by atoms with van der Waals surface area (Å²) in [5.74, 6) is -0.928. The molecule has 0 spiro atoms. The molecule has 0 bridgehead atoms. The molecule has 0 aromatic heterocycles. The van der Waals surface area contributed by atoms with Gasteiger partial charge in [0, 0.05) is 12.8 Å². The molecule has 0 rings (SSSR count). The summed E-state index contributed by atoms with van der Waals surface area (Å²) in [5.41, 5.74) is 0. The fraction of sp³-hybridized carbons (Fsp3) is 0.684. The molecule has 0 saturated carbocycles. The Labute approximate surface area is 286 Å². The van der Waals surface area contributed by atoms with Crippen LogP contribution in [-0.2, 0) is 28.2 Å². The fourth-order valence-electron chi connectivity index (χ4n) is 4.67. The minimum absolute atomic E-state index is 0.181. The summed E-state index contributed by atoms with van der Waals surface area (Å²) < 4.78 is 26.2. The highest BCUT2D eigenvalue weighted by molar-refractivity contribution is 7.46. The van der Waals surface area contributed by atoms with Crippen LogP contribution in [0.5, 0.6) is 0 Å². The lowest BCUT2D eigenvalue weighted by Gasteiger charge is -2.18. The van der Waals surface area contributed by atoms with Gasteiger partial charge in [0.15, 0.2) is 6.10 Å². The van der Waals surface area contributed by atoms with Crippen LogP contribution in [0.3, 0.4) is 0 Å². The van der Waals surface area contributed by atoms with Crippen molar-refractivity contribution >= 4 is 19.8 Å². The SMILES string of the molecule is CC/C=C/C=C/C=C/C=C/CCCCCCCC(=O)O[C@H](COC(=O)CCCCCCC/C=C/CCCCCCC)COP(=O)(O)O. The van der Waals surface area contributed by atoms with Gasteiger partial charge in [0.05, 0.1) is 6.61 Å². The molecule has 0 aromatic carbocycles. The van der Waals surface area contributed by atoms with Crippen molar-refractivity contribution in [3.63, 3.8) is 0 Å². The lowest BCUT2D eigenvalue weighted by molar-refractivity contribution is -0.161. The normalized spacial score (nSPS) is 13.2. The highest BCUT2D eigenvalue weighted by Gasteiger charge is 2.22. The number of hydrogen-bond donors (Lipinski definition) is 2. The summed E-state index contributed by atoms with van der Waals surface area (Å²) in [6.45, 7) is 3.49. The Balaban J connectivity index is 4.06. The molecular weight excluding hydrogens is 615 g/mol. The second-order valence-electron chi connectivity index (χ2n) is 11.9. The van der Waals surface area contributed by atoms with Gasteiger partial charge in [-0.05, 0) is 57.8 Å². The molecule has 0 aliphatic rings. The van der Waals surface area contributed by atoms with E-state index in [2.05, 4.69) is 42.7 Å². The van der Waals surface area contributed by atoms with Crippen molar-refractivity contribution in [2.45, 2.75) is 155 Å². The monoisotopic (exact) mass is 680 g/mol. The Bertz CT molecular complexity index is 947. The van der Waals surface area contributed by atoms with Crippen LogP contribution < -0.4 is 0 Å². The van der Waals surface area contributed by atoms with Crippen LogP contribution in [0.1, 0.15) is 149 Å². The topological polar surface area (TPSA) is 119 Å². The van der Waals surface area contributed by atoms with Gasteiger partial charge in [-0.15, -0.1) is 0 Å². The third-order valence-corrected chi connectivity index (χ3v) is 7.85. The summed E-state index contributed by atoms with van der Waals surface area (Å²) in [7, 11) is -4.76. The van der Waals surface area contributed by atoms with E-state index in [-0.39, 0.29) is 19.4 Å². The average Bonchev–Trinajstić information content (AvgIpc) is 3.03. The van der Waals surface area contributed by atoms with E-state index in [1.165, 1.54) is 38.5 Å². The molecule has 1 atom stereocenters. The van der Waals surface area contributed by atoms with Crippen LogP contribution in [0.4, 0.5) is 0 Å². The largest absolute Gasteiger partial charge is 0.469 e. The molecule has 0 fully saturated rings. The highest BCUT2D eigenvalue weighted by Crippen LogP contribution is 2.36. The minimum atomic E-state index is -4.76. The Hall–Kier alpha value is -2.25. The van der Waals surface area contributed by atoms with Gasteiger partial charge in [0.1, 0.15) is 6.61 Å². The van der Waals surface area contributed by atoms with E-state index in [1.807, 2.05) is 36.5 Å². The van der Waals surface area contributed by atoms with Crippen LogP contribution in [0, 0.1) is 0 Å². The average molecular weight is 681 g/mol. The van der Waals surface area contributed by atoms with Gasteiger partial charge in [-0.25, -0.2) is 4.57 Å². The van der Waals surface area contributed by atoms with Gasteiger partial charge in [-0.3, -0.25) is 14.1 Å². The van der Waals surface area contributed by atoms with Gasteiger partial charge >= 0.3 is 19.8 Å². The van der Waals surface area contributed by atoms with Crippen LogP contribution in [0.25, 0.3) is 0 Å². The Morgan fingerprint density at radius 3 is 1.60 bits per heavy atom.